The van der Waals surface area contributed by atoms with Crippen molar-refractivity contribution < 1.29 is 0 Å². The van der Waals surface area contributed by atoms with Crippen LogP contribution in [0.5, 0.6) is 0 Å². The lowest BCUT2D eigenvalue weighted by Gasteiger charge is -1.93. The van der Waals surface area contributed by atoms with Crippen LogP contribution in [0, 0.1) is 6.92 Å². The molecule has 2 rings (SSSR count). The fraction of sp³-hybridized carbons (Fsp3) is 0.375. The van der Waals surface area contributed by atoms with Crippen molar-refractivity contribution in [3.63, 3.8) is 0 Å². The largest absolute Gasteiger partial charge is 0.340 e. The van der Waals surface area contributed by atoms with Gasteiger partial charge in [-0.15, -0.1) is 0 Å². The van der Waals surface area contributed by atoms with Crippen LogP contribution in [0.4, 0.5) is 0 Å². The summed E-state index contributed by atoms with van der Waals surface area (Å²) >= 11 is 1.62. The third-order valence-corrected chi connectivity index (χ3v) is 2.35. The summed E-state index contributed by atoms with van der Waals surface area (Å²) in [6.45, 7) is 3.99. The van der Waals surface area contributed by atoms with E-state index in [1.165, 1.54) is 0 Å². The molecule has 2 aromatic rings. The first-order valence-corrected chi connectivity index (χ1v) is 5.10. The summed E-state index contributed by atoms with van der Waals surface area (Å²) in [6.07, 6.45) is 1.78. The molecule has 13 heavy (non-hydrogen) atoms. The second-order valence-corrected chi connectivity index (χ2v) is 3.88. The zero-order valence-corrected chi connectivity index (χ0v) is 8.35. The number of aromatic nitrogens is 4. The first-order chi connectivity index (χ1) is 6.29. The van der Waals surface area contributed by atoms with E-state index in [4.69, 9.17) is 0 Å². The lowest BCUT2D eigenvalue weighted by molar-refractivity contribution is 0.993. The molecule has 0 atom stereocenters. The van der Waals surface area contributed by atoms with Crippen LogP contribution < -0.4 is 0 Å². The Morgan fingerprint density at radius 3 is 3.08 bits per heavy atom. The molecule has 0 aliphatic carbocycles. The zero-order chi connectivity index (χ0) is 9.26. The van der Waals surface area contributed by atoms with E-state index in [1.807, 2.05) is 6.92 Å². The summed E-state index contributed by atoms with van der Waals surface area (Å²) < 4.78 is 0. The number of H-pyrrole nitrogens is 1. The molecule has 0 spiro atoms. The van der Waals surface area contributed by atoms with E-state index in [0.717, 1.165) is 27.9 Å². The summed E-state index contributed by atoms with van der Waals surface area (Å²) in [7, 11) is 0. The molecular formula is C8H10N4S. The molecule has 4 nitrogen and oxygen atoms in total. The number of hydrogen-bond donors (Lipinski definition) is 1. The van der Waals surface area contributed by atoms with Gasteiger partial charge in [0.15, 0.2) is 10.8 Å². The van der Waals surface area contributed by atoms with Gasteiger partial charge in [-0.3, -0.25) is 0 Å². The van der Waals surface area contributed by atoms with E-state index in [2.05, 4.69) is 26.9 Å². The van der Waals surface area contributed by atoms with Crippen LogP contribution in [0.2, 0.25) is 0 Å². The van der Waals surface area contributed by atoms with Gasteiger partial charge in [-0.25, -0.2) is 15.0 Å². The van der Waals surface area contributed by atoms with Gasteiger partial charge < -0.3 is 4.98 Å². The molecule has 0 aliphatic heterocycles. The van der Waals surface area contributed by atoms with Crippen LogP contribution in [0.25, 0.3) is 11.2 Å². The summed E-state index contributed by atoms with van der Waals surface area (Å²) in [4.78, 5) is 15.8. The Balaban J connectivity index is 2.48. The predicted octanol–water partition coefficient (Wildman–Crippen LogP) is 1.77. The van der Waals surface area contributed by atoms with Crippen LogP contribution in [0.1, 0.15) is 12.7 Å². The SMILES string of the molecule is CCSc1ncc2[nH]c(C)nc2n1. The van der Waals surface area contributed by atoms with Gasteiger partial charge in [0.25, 0.3) is 0 Å². The Morgan fingerprint density at radius 2 is 2.31 bits per heavy atom. The highest BCUT2D eigenvalue weighted by molar-refractivity contribution is 7.99. The third-order valence-electron chi connectivity index (χ3n) is 1.61. The van der Waals surface area contributed by atoms with Crippen LogP contribution >= 0.6 is 11.8 Å². The van der Waals surface area contributed by atoms with Gasteiger partial charge in [0.2, 0.25) is 0 Å². The van der Waals surface area contributed by atoms with Gasteiger partial charge in [-0.1, -0.05) is 18.7 Å². The first-order valence-electron chi connectivity index (χ1n) is 4.11. The van der Waals surface area contributed by atoms with Crippen LogP contribution in [-0.2, 0) is 0 Å². The minimum absolute atomic E-state index is 0.753. The van der Waals surface area contributed by atoms with Gasteiger partial charge >= 0.3 is 0 Å². The normalized spacial score (nSPS) is 10.9. The highest BCUT2D eigenvalue weighted by Gasteiger charge is 2.02. The summed E-state index contributed by atoms with van der Waals surface area (Å²) in [5.74, 6) is 1.86. The van der Waals surface area contributed by atoms with E-state index in [0.29, 0.717) is 0 Å². The van der Waals surface area contributed by atoms with Gasteiger partial charge in [-0.2, -0.15) is 0 Å². The van der Waals surface area contributed by atoms with Crippen LogP contribution in [-0.4, -0.2) is 25.7 Å². The highest BCUT2D eigenvalue weighted by Crippen LogP contribution is 2.14. The second kappa shape index (κ2) is 3.33. The average molecular weight is 194 g/mol. The molecule has 0 bridgehead atoms. The zero-order valence-electron chi connectivity index (χ0n) is 7.53. The van der Waals surface area contributed by atoms with Crippen molar-refractivity contribution in [2.24, 2.45) is 0 Å². The van der Waals surface area contributed by atoms with Gasteiger partial charge in [-0.05, 0) is 12.7 Å². The molecule has 2 heterocycles. The second-order valence-electron chi connectivity index (χ2n) is 2.65. The number of fused-ring (bicyclic) bond motifs is 1. The van der Waals surface area contributed by atoms with Gasteiger partial charge in [0.1, 0.15) is 11.3 Å². The molecule has 5 heteroatoms. The fourth-order valence-corrected chi connectivity index (χ4v) is 1.65. The Hall–Kier alpha value is -1.10. The van der Waals surface area contributed by atoms with Crippen LogP contribution in [0.15, 0.2) is 11.4 Å². The van der Waals surface area contributed by atoms with E-state index in [9.17, 15) is 0 Å². The molecular weight excluding hydrogens is 184 g/mol. The van der Waals surface area contributed by atoms with E-state index in [1.54, 1.807) is 18.0 Å². The Kier molecular flexibility index (Phi) is 2.18. The van der Waals surface area contributed by atoms with Gasteiger partial charge in [0, 0.05) is 0 Å². The van der Waals surface area contributed by atoms with Gasteiger partial charge in [0.05, 0.1) is 6.20 Å². The molecule has 0 aromatic carbocycles. The number of hydrogen-bond acceptors (Lipinski definition) is 4. The number of imidazole rings is 1. The van der Waals surface area contributed by atoms with Crippen molar-refractivity contribution in [3.05, 3.63) is 12.0 Å². The maximum atomic E-state index is 4.30. The maximum absolute atomic E-state index is 4.30. The quantitative estimate of drug-likeness (QED) is 0.584. The fourth-order valence-electron chi connectivity index (χ4n) is 1.11. The molecule has 0 saturated heterocycles. The number of rotatable bonds is 2. The number of aromatic amines is 1. The number of aryl methyl sites for hydroxylation is 1. The van der Waals surface area contributed by atoms with Crippen molar-refractivity contribution >= 4 is 22.9 Å². The Bertz CT molecular complexity index is 423. The van der Waals surface area contributed by atoms with Crippen molar-refractivity contribution in [1.82, 2.24) is 19.9 Å². The smallest absolute Gasteiger partial charge is 0.189 e. The highest BCUT2D eigenvalue weighted by atomic mass is 32.2. The van der Waals surface area contributed by atoms with Crippen molar-refractivity contribution in [2.45, 2.75) is 19.0 Å². The summed E-state index contributed by atoms with van der Waals surface area (Å²) in [5.41, 5.74) is 1.65. The minimum atomic E-state index is 0.753. The lowest BCUT2D eigenvalue weighted by Crippen LogP contribution is -1.86. The molecule has 0 fully saturated rings. The topological polar surface area (TPSA) is 54.5 Å². The van der Waals surface area contributed by atoms with E-state index in [-0.39, 0.29) is 0 Å². The first kappa shape index (κ1) is 8.50. The Labute approximate surface area is 80.2 Å². The molecule has 0 aliphatic rings. The third kappa shape index (κ3) is 1.65. The molecule has 1 N–H and O–H groups in total. The standard InChI is InChI=1S/C8H10N4S/c1-3-13-8-9-4-6-7(12-8)11-5(2)10-6/h4H,3H2,1-2H3,(H,9,10,11,12). The molecule has 0 saturated carbocycles. The van der Waals surface area contributed by atoms with Crippen molar-refractivity contribution in [2.75, 3.05) is 5.75 Å². The molecule has 0 amide bonds. The molecule has 68 valence electrons. The van der Waals surface area contributed by atoms with E-state index >= 15 is 0 Å². The molecule has 2 aromatic heterocycles. The van der Waals surface area contributed by atoms with Crippen LogP contribution in [0.3, 0.4) is 0 Å². The maximum Gasteiger partial charge on any atom is 0.189 e. The summed E-state index contributed by atoms with van der Waals surface area (Å²) in [6, 6.07) is 0. The number of nitrogens with one attached hydrogen (secondary N) is 1. The number of nitrogens with zero attached hydrogens (tertiary/aromatic N) is 3. The Morgan fingerprint density at radius 1 is 1.46 bits per heavy atom. The minimum Gasteiger partial charge on any atom is -0.340 e. The number of thioether (sulfide) groups is 1. The van der Waals surface area contributed by atoms with E-state index < -0.39 is 0 Å². The monoisotopic (exact) mass is 194 g/mol. The van der Waals surface area contributed by atoms with Crippen molar-refractivity contribution in [3.8, 4) is 0 Å². The summed E-state index contributed by atoms with van der Waals surface area (Å²) in [5, 5.41) is 0.793. The molecule has 0 radical (unpaired) electrons. The predicted molar refractivity (Wildman–Crippen MR) is 52.8 cm³/mol. The average Bonchev–Trinajstić information content (AvgIpc) is 2.44. The lowest BCUT2D eigenvalue weighted by atomic mass is 10.6. The molecule has 0 unspecified atom stereocenters. The van der Waals surface area contributed by atoms with Crippen molar-refractivity contribution in [1.29, 1.82) is 0 Å².